The number of aromatic nitrogens is 1. The van der Waals surface area contributed by atoms with Crippen molar-refractivity contribution < 1.29 is 23.1 Å². The SMILES string of the molecule is OC(CNCc1cccc(F)c1)COc1cccc(-c2noc3cc(F)ccc23)c1. The van der Waals surface area contributed by atoms with Crippen molar-refractivity contribution in [3.63, 3.8) is 0 Å². The van der Waals surface area contributed by atoms with Crippen LogP contribution in [0, 0.1) is 11.6 Å². The first-order valence-corrected chi connectivity index (χ1v) is 9.50. The number of halogens is 2. The molecule has 1 aromatic heterocycles. The van der Waals surface area contributed by atoms with Gasteiger partial charge in [-0.05, 0) is 42.0 Å². The first-order chi connectivity index (χ1) is 14.6. The molecular formula is C23H20F2N2O3. The molecule has 154 valence electrons. The van der Waals surface area contributed by atoms with Gasteiger partial charge in [0.2, 0.25) is 0 Å². The van der Waals surface area contributed by atoms with Crippen LogP contribution in [0.25, 0.3) is 22.2 Å². The van der Waals surface area contributed by atoms with Gasteiger partial charge in [-0.3, -0.25) is 0 Å². The van der Waals surface area contributed by atoms with Crippen molar-refractivity contribution in [1.29, 1.82) is 0 Å². The molecule has 30 heavy (non-hydrogen) atoms. The molecule has 0 aliphatic carbocycles. The molecule has 0 radical (unpaired) electrons. The van der Waals surface area contributed by atoms with Gasteiger partial charge in [-0.2, -0.15) is 0 Å². The summed E-state index contributed by atoms with van der Waals surface area (Å²) in [5.74, 6) is -0.111. The largest absolute Gasteiger partial charge is 0.491 e. The molecule has 7 heteroatoms. The van der Waals surface area contributed by atoms with Crippen LogP contribution in [0.4, 0.5) is 8.78 Å². The van der Waals surface area contributed by atoms with Crippen LogP contribution in [0.3, 0.4) is 0 Å². The van der Waals surface area contributed by atoms with Gasteiger partial charge in [0, 0.05) is 30.1 Å². The van der Waals surface area contributed by atoms with Crippen molar-refractivity contribution in [2.45, 2.75) is 12.6 Å². The molecule has 5 nitrogen and oxygen atoms in total. The smallest absolute Gasteiger partial charge is 0.170 e. The van der Waals surface area contributed by atoms with Gasteiger partial charge in [0.25, 0.3) is 0 Å². The van der Waals surface area contributed by atoms with E-state index in [-0.39, 0.29) is 18.2 Å². The van der Waals surface area contributed by atoms with E-state index in [4.69, 9.17) is 9.26 Å². The lowest BCUT2D eigenvalue weighted by atomic mass is 10.1. The number of fused-ring (bicyclic) bond motifs is 1. The Morgan fingerprint density at radius 3 is 2.70 bits per heavy atom. The topological polar surface area (TPSA) is 67.5 Å². The minimum absolute atomic E-state index is 0.0877. The number of benzene rings is 3. The number of aliphatic hydroxyl groups excluding tert-OH is 1. The maximum atomic E-state index is 13.3. The molecule has 0 aliphatic rings. The predicted molar refractivity (Wildman–Crippen MR) is 109 cm³/mol. The summed E-state index contributed by atoms with van der Waals surface area (Å²) >= 11 is 0. The van der Waals surface area contributed by atoms with Crippen LogP contribution in [0.2, 0.25) is 0 Å². The highest BCUT2D eigenvalue weighted by atomic mass is 19.1. The van der Waals surface area contributed by atoms with Gasteiger partial charge in [-0.25, -0.2) is 8.78 Å². The lowest BCUT2D eigenvalue weighted by Crippen LogP contribution is -2.31. The minimum atomic E-state index is -0.738. The summed E-state index contributed by atoms with van der Waals surface area (Å²) in [5.41, 5.74) is 2.52. The van der Waals surface area contributed by atoms with Crippen LogP contribution in [-0.2, 0) is 6.54 Å². The quantitative estimate of drug-likeness (QED) is 0.453. The Morgan fingerprint density at radius 2 is 1.83 bits per heavy atom. The van der Waals surface area contributed by atoms with Gasteiger partial charge >= 0.3 is 0 Å². The first kappa shape index (κ1) is 20.0. The van der Waals surface area contributed by atoms with Crippen molar-refractivity contribution in [1.82, 2.24) is 10.5 Å². The Hall–Kier alpha value is -3.29. The zero-order valence-electron chi connectivity index (χ0n) is 16.0. The summed E-state index contributed by atoms with van der Waals surface area (Å²) in [4.78, 5) is 0. The summed E-state index contributed by atoms with van der Waals surface area (Å²) in [6.45, 7) is 0.838. The first-order valence-electron chi connectivity index (χ1n) is 9.50. The molecule has 0 spiro atoms. The Bertz CT molecular complexity index is 1150. The zero-order valence-corrected chi connectivity index (χ0v) is 16.0. The fourth-order valence-electron chi connectivity index (χ4n) is 3.13. The van der Waals surface area contributed by atoms with Gasteiger partial charge < -0.3 is 19.7 Å². The van der Waals surface area contributed by atoms with E-state index in [1.54, 1.807) is 24.3 Å². The number of hydrogen-bond acceptors (Lipinski definition) is 5. The highest BCUT2D eigenvalue weighted by molar-refractivity contribution is 5.91. The average molecular weight is 410 g/mol. The number of nitrogens with zero attached hydrogens (tertiary/aromatic N) is 1. The van der Waals surface area contributed by atoms with Crippen molar-refractivity contribution in [2.75, 3.05) is 13.2 Å². The van der Waals surface area contributed by atoms with E-state index in [0.29, 0.717) is 35.5 Å². The van der Waals surface area contributed by atoms with Crippen molar-refractivity contribution in [3.8, 4) is 17.0 Å². The van der Waals surface area contributed by atoms with Crippen LogP contribution in [0.1, 0.15) is 5.56 Å². The molecule has 1 unspecified atom stereocenters. The molecule has 1 atom stereocenters. The van der Waals surface area contributed by atoms with Crippen molar-refractivity contribution in [2.24, 2.45) is 0 Å². The zero-order chi connectivity index (χ0) is 20.9. The summed E-state index contributed by atoms with van der Waals surface area (Å²) in [6.07, 6.45) is -0.738. The third kappa shape index (κ3) is 4.82. The second-order valence-electron chi connectivity index (χ2n) is 6.93. The van der Waals surface area contributed by atoms with Gasteiger partial charge in [-0.1, -0.05) is 29.4 Å². The molecule has 0 bridgehead atoms. The molecule has 0 amide bonds. The average Bonchev–Trinajstić information content (AvgIpc) is 3.15. The fraction of sp³-hybridized carbons (Fsp3) is 0.174. The van der Waals surface area contributed by atoms with Crippen LogP contribution < -0.4 is 10.1 Å². The third-order valence-corrected chi connectivity index (χ3v) is 4.58. The summed E-state index contributed by atoms with van der Waals surface area (Å²) < 4.78 is 37.4. The van der Waals surface area contributed by atoms with Crippen LogP contribution in [0.15, 0.2) is 71.3 Å². The highest BCUT2D eigenvalue weighted by Crippen LogP contribution is 2.30. The van der Waals surface area contributed by atoms with Gasteiger partial charge in [-0.15, -0.1) is 0 Å². The predicted octanol–water partition coefficient (Wildman–Crippen LogP) is 4.30. The van der Waals surface area contributed by atoms with Gasteiger partial charge in [0.15, 0.2) is 5.58 Å². The Morgan fingerprint density at radius 1 is 1.00 bits per heavy atom. The lowest BCUT2D eigenvalue weighted by Gasteiger charge is -2.14. The molecule has 3 aromatic carbocycles. The van der Waals surface area contributed by atoms with E-state index in [1.807, 2.05) is 18.2 Å². The molecule has 0 fully saturated rings. The van der Waals surface area contributed by atoms with Crippen molar-refractivity contribution >= 4 is 11.0 Å². The Labute approximate surface area is 171 Å². The summed E-state index contributed by atoms with van der Waals surface area (Å²) in [5, 5.41) is 18.0. The molecule has 0 saturated carbocycles. The fourth-order valence-corrected chi connectivity index (χ4v) is 3.13. The number of nitrogens with one attached hydrogen (secondary N) is 1. The lowest BCUT2D eigenvalue weighted by molar-refractivity contribution is 0.106. The molecule has 4 rings (SSSR count). The third-order valence-electron chi connectivity index (χ3n) is 4.58. The molecular weight excluding hydrogens is 390 g/mol. The number of hydrogen-bond donors (Lipinski definition) is 2. The van der Waals surface area contributed by atoms with E-state index >= 15 is 0 Å². The standard InChI is InChI=1S/C23H20F2N2O3/c24-17-5-1-3-15(9-17)12-26-13-19(28)14-29-20-6-2-4-16(10-20)23-21-8-7-18(25)11-22(21)30-27-23/h1-11,19,26,28H,12-14H2. The number of aliphatic hydroxyl groups is 1. The van der Waals surface area contributed by atoms with Crippen LogP contribution >= 0.6 is 0 Å². The van der Waals surface area contributed by atoms with Crippen LogP contribution in [-0.4, -0.2) is 29.5 Å². The second-order valence-corrected chi connectivity index (χ2v) is 6.93. The second kappa shape index (κ2) is 9.02. The Kier molecular flexibility index (Phi) is 6.02. The molecule has 4 aromatic rings. The number of rotatable bonds is 8. The van der Waals surface area contributed by atoms with E-state index < -0.39 is 6.10 Å². The molecule has 2 N–H and O–H groups in total. The van der Waals surface area contributed by atoms with E-state index in [0.717, 1.165) is 11.1 Å². The molecule has 0 aliphatic heterocycles. The maximum Gasteiger partial charge on any atom is 0.170 e. The van der Waals surface area contributed by atoms with Gasteiger partial charge in [0.1, 0.15) is 35.8 Å². The minimum Gasteiger partial charge on any atom is -0.491 e. The van der Waals surface area contributed by atoms with E-state index in [9.17, 15) is 13.9 Å². The monoisotopic (exact) mass is 410 g/mol. The summed E-state index contributed by atoms with van der Waals surface area (Å²) in [7, 11) is 0. The highest BCUT2D eigenvalue weighted by Gasteiger charge is 2.12. The normalized spacial score (nSPS) is 12.2. The maximum absolute atomic E-state index is 13.3. The Balaban J connectivity index is 1.34. The molecule has 1 heterocycles. The van der Waals surface area contributed by atoms with Crippen molar-refractivity contribution in [3.05, 3.63) is 83.9 Å². The van der Waals surface area contributed by atoms with E-state index in [1.165, 1.54) is 24.3 Å². The van der Waals surface area contributed by atoms with Crippen LogP contribution in [0.5, 0.6) is 5.75 Å². The number of ether oxygens (including phenoxy) is 1. The van der Waals surface area contributed by atoms with E-state index in [2.05, 4.69) is 10.5 Å². The summed E-state index contributed by atoms with van der Waals surface area (Å²) in [6, 6.07) is 17.8. The molecule has 0 saturated heterocycles. The van der Waals surface area contributed by atoms with Gasteiger partial charge in [0.05, 0.1) is 0 Å².